The topological polar surface area (TPSA) is 192 Å². The van der Waals surface area contributed by atoms with Gasteiger partial charge in [-0.25, -0.2) is 0 Å². The molecular weight excluding hydrogens is 174 g/mol. The molecule has 0 radical (unpaired) electrons. The first-order chi connectivity index (χ1) is 1.73. The molecule has 8 N–H and O–H groups in total. The maximum absolute atomic E-state index is 8.25. The van der Waals surface area contributed by atoms with E-state index in [2.05, 4.69) is 0 Å². The normalized spacial score (nSPS) is 2.67. The van der Waals surface area contributed by atoms with Crippen LogP contribution in [0.1, 0.15) is 0 Å². The van der Waals surface area contributed by atoms with Crippen molar-refractivity contribution in [3.05, 3.63) is 15.3 Å². The van der Waals surface area contributed by atoms with Gasteiger partial charge < -0.3 is 37.2 Å². The Kier molecular flexibility index (Phi) is 360. The van der Waals surface area contributed by atoms with Gasteiger partial charge in [0.15, 0.2) is 0 Å². The minimum Gasteiger partial charge on any atom is -0.412 e. The Hall–Kier alpha value is -0.246. The van der Waals surface area contributed by atoms with E-state index >= 15 is 0 Å². The quantitative estimate of drug-likeness (QED) is 0.213. The van der Waals surface area contributed by atoms with Gasteiger partial charge in [0.05, 0.1) is 5.09 Å². The zero-order valence-electron chi connectivity index (χ0n) is 4.17. The monoisotopic (exact) mass is 182 g/mol. The summed E-state index contributed by atoms with van der Waals surface area (Å²) in [6.07, 6.45) is 0. The molecule has 0 aliphatic rings. The predicted molar refractivity (Wildman–Crippen MR) is 24.8 cm³/mol. The van der Waals surface area contributed by atoms with Crippen LogP contribution in [0.2, 0.25) is 0 Å². The van der Waals surface area contributed by atoms with Crippen LogP contribution in [0.4, 0.5) is 0 Å². The fourth-order valence-corrected chi connectivity index (χ4v) is 0. The van der Waals surface area contributed by atoms with Crippen molar-refractivity contribution in [1.29, 1.82) is 0 Å². The van der Waals surface area contributed by atoms with Crippen molar-refractivity contribution >= 4 is 0 Å². The predicted octanol–water partition coefficient (Wildman–Crippen LogP) is -3.54. The van der Waals surface area contributed by atoms with Crippen LogP contribution in [-0.2, 0) is 21.7 Å². The number of rotatable bonds is 0. The minimum atomic E-state index is -1.75. The minimum absolute atomic E-state index is 0. The van der Waals surface area contributed by atoms with Crippen molar-refractivity contribution in [3.63, 3.8) is 0 Å². The zero-order valence-corrected chi connectivity index (χ0v) is 5.73. The summed E-state index contributed by atoms with van der Waals surface area (Å²) < 4.78 is 0. The summed E-state index contributed by atoms with van der Waals surface area (Å²) in [4.78, 5) is 8.25. The van der Waals surface area contributed by atoms with Crippen LogP contribution in [0.3, 0.4) is 0 Å². The van der Waals surface area contributed by atoms with E-state index in [0.29, 0.717) is 0 Å². The molecule has 0 atom stereocenters. The van der Waals surface area contributed by atoms with Crippen LogP contribution >= 0.6 is 0 Å². The second-order valence-electron chi connectivity index (χ2n) is 0.224. The van der Waals surface area contributed by atoms with Gasteiger partial charge in [-0.2, -0.15) is 0 Å². The van der Waals surface area contributed by atoms with E-state index in [1.54, 1.807) is 0 Å². The van der Waals surface area contributed by atoms with Gasteiger partial charge in [-0.1, -0.05) is 0 Å². The first-order valence-electron chi connectivity index (χ1n) is 0.548. The zero-order chi connectivity index (χ0) is 3.58. The molecule has 0 saturated heterocycles. The Balaban J connectivity index is -0.00000000450. The summed E-state index contributed by atoms with van der Waals surface area (Å²) in [5.41, 5.74) is 0. The average Bonchev–Trinajstić information content (AvgIpc) is 0.811. The van der Waals surface area contributed by atoms with Crippen LogP contribution in [0.5, 0.6) is 0 Å². The van der Waals surface area contributed by atoms with Crippen LogP contribution in [0.25, 0.3) is 0 Å². The Morgan fingerprint density at radius 1 is 0.889 bits per heavy atom. The molecule has 9 heteroatoms. The molecule has 0 aromatic rings. The smallest absolute Gasteiger partial charge is 0.0689 e. The molecule has 0 spiro atoms. The van der Waals surface area contributed by atoms with E-state index in [-0.39, 0.29) is 43.6 Å². The number of nitrogens with zero attached hydrogens (tertiary/aromatic N) is 1. The average molecular weight is 182 g/mol. The van der Waals surface area contributed by atoms with Crippen LogP contribution in [-0.4, -0.2) is 27.0 Å². The van der Waals surface area contributed by atoms with Gasteiger partial charge in [-0.15, -0.1) is 0 Å². The molecule has 0 aromatic carbocycles. The molecule has 0 amide bonds. The summed E-state index contributed by atoms with van der Waals surface area (Å²) in [6.45, 7) is 0. The molecular formula is H8NO7Ti-. The molecule has 0 aliphatic carbocycles. The van der Waals surface area contributed by atoms with E-state index in [0.717, 1.165) is 0 Å². The van der Waals surface area contributed by atoms with Crippen molar-refractivity contribution < 1.29 is 48.7 Å². The largest absolute Gasteiger partial charge is 0.412 e. The first kappa shape index (κ1) is 69.4. The van der Waals surface area contributed by atoms with Gasteiger partial charge in [0, 0.05) is 21.7 Å². The Bertz CT molecular complexity index is 31.9. The van der Waals surface area contributed by atoms with Gasteiger partial charge in [-0.3, -0.25) is 0 Å². The van der Waals surface area contributed by atoms with E-state index in [1.165, 1.54) is 0 Å². The third-order valence-corrected chi connectivity index (χ3v) is 0. The van der Waals surface area contributed by atoms with E-state index in [1.807, 2.05) is 0 Å². The molecule has 0 saturated carbocycles. The standard InChI is InChI=1S/NO3.4H2O.Ti/c2-1(3)4;;;;;/h;4*1H2;/q-1;;;;;. The van der Waals surface area contributed by atoms with E-state index in [4.69, 9.17) is 15.3 Å². The SMILES string of the molecule is O.O.O.O.O=[N+]([O-])[O-].[Ti]. The summed E-state index contributed by atoms with van der Waals surface area (Å²) in [7, 11) is 0. The maximum atomic E-state index is 8.25. The third kappa shape index (κ3) is 4250. The van der Waals surface area contributed by atoms with E-state index < -0.39 is 5.09 Å². The first-order valence-corrected chi connectivity index (χ1v) is 0.548. The molecule has 0 heterocycles. The molecule has 8 nitrogen and oxygen atoms in total. The van der Waals surface area contributed by atoms with Gasteiger partial charge in [-0.05, 0) is 0 Å². The molecule has 0 aromatic heterocycles. The molecule has 0 bridgehead atoms. The Morgan fingerprint density at radius 2 is 0.889 bits per heavy atom. The third-order valence-electron chi connectivity index (χ3n) is 0. The van der Waals surface area contributed by atoms with Crippen LogP contribution in [0, 0.1) is 15.3 Å². The van der Waals surface area contributed by atoms with Crippen molar-refractivity contribution in [3.8, 4) is 0 Å². The molecule has 0 rings (SSSR count). The van der Waals surface area contributed by atoms with Crippen molar-refractivity contribution in [2.45, 2.75) is 0 Å². The van der Waals surface area contributed by atoms with Crippen molar-refractivity contribution in [2.75, 3.05) is 0 Å². The second kappa shape index (κ2) is 46.6. The summed E-state index contributed by atoms with van der Waals surface area (Å²) >= 11 is 0. The molecule has 9 heavy (non-hydrogen) atoms. The Labute approximate surface area is 64.7 Å². The van der Waals surface area contributed by atoms with Crippen LogP contribution in [0.15, 0.2) is 0 Å². The second-order valence-corrected chi connectivity index (χ2v) is 0.224. The van der Waals surface area contributed by atoms with Crippen LogP contribution < -0.4 is 0 Å². The summed E-state index contributed by atoms with van der Waals surface area (Å²) in [5.74, 6) is 0. The number of hydrogen-bond donors (Lipinski definition) is 0. The maximum Gasteiger partial charge on any atom is 0.0689 e. The molecule has 0 unspecified atom stereocenters. The summed E-state index contributed by atoms with van der Waals surface area (Å²) in [6, 6.07) is 0. The van der Waals surface area contributed by atoms with Crippen molar-refractivity contribution in [1.82, 2.24) is 0 Å². The molecule has 0 fully saturated rings. The fraction of sp³-hybridized carbons (Fsp3) is 0. The van der Waals surface area contributed by atoms with E-state index in [9.17, 15) is 0 Å². The summed E-state index contributed by atoms with van der Waals surface area (Å²) in [5, 5.41) is 14.8. The van der Waals surface area contributed by atoms with Crippen molar-refractivity contribution in [2.24, 2.45) is 0 Å². The van der Waals surface area contributed by atoms with Gasteiger partial charge in [0.1, 0.15) is 0 Å². The fourth-order valence-electron chi connectivity index (χ4n) is 0. The number of hydrogen-bond acceptors (Lipinski definition) is 3. The van der Waals surface area contributed by atoms with Gasteiger partial charge in [0.2, 0.25) is 0 Å². The molecule has 60 valence electrons. The Morgan fingerprint density at radius 3 is 0.889 bits per heavy atom. The van der Waals surface area contributed by atoms with Gasteiger partial charge >= 0.3 is 0 Å². The molecule has 0 aliphatic heterocycles. The van der Waals surface area contributed by atoms with Gasteiger partial charge in [0.25, 0.3) is 0 Å².